The lowest BCUT2D eigenvalue weighted by Crippen LogP contribution is -2.54. The second-order valence-corrected chi connectivity index (χ2v) is 7.86. The molecule has 1 atom stereocenters. The molecule has 36 heavy (non-hydrogen) atoms. The molecule has 1 unspecified atom stereocenters. The molecule has 4 rings (SSSR count). The summed E-state index contributed by atoms with van der Waals surface area (Å²) in [6.07, 6.45) is -0.317. The van der Waals surface area contributed by atoms with Crippen LogP contribution in [0.25, 0.3) is 0 Å². The highest BCUT2D eigenvalue weighted by atomic mass is 16.6. The van der Waals surface area contributed by atoms with Crippen molar-refractivity contribution in [3.63, 3.8) is 0 Å². The van der Waals surface area contributed by atoms with Gasteiger partial charge in [0.1, 0.15) is 19.3 Å². The minimum atomic E-state index is -1.24. The first-order chi connectivity index (χ1) is 17.3. The van der Waals surface area contributed by atoms with E-state index in [0.717, 1.165) is 9.91 Å². The van der Waals surface area contributed by atoms with Crippen molar-refractivity contribution in [2.75, 3.05) is 39.4 Å². The molecule has 1 fully saturated rings. The van der Waals surface area contributed by atoms with E-state index in [1.165, 1.54) is 46.5 Å². The number of hydrogen-bond donors (Lipinski definition) is 1. The highest BCUT2D eigenvalue weighted by molar-refractivity contribution is 6.23. The molecular formula is C24H25N3O9. The monoisotopic (exact) mass is 499 g/mol. The van der Waals surface area contributed by atoms with Crippen LogP contribution < -0.4 is 34.0 Å². The lowest BCUT2D eigenvalue weighted by atomic mass is 10.1. The van der Waals surface area contributed by atoms with Gasteiger partial charge in [-0.2, -0.15) is 0 Å². The van der Waals surface area contributed by atoms with Crippen LogP contribution in [-0.4, -0.2) is 69.2 Å². The Morgan fingerprint density at radius 2 is 1.61 bits per heavy atom. The topological polar surface area (TPSA) is 133 Å². The van der Waals surface area contributed by atoms with Crippen molar-refractivity contribution in [3.8, 4) is 28.7 Å². The maximum absolute atomic E-state index is 13.3. The van der Waals surface area contributed by atoms with Gasteiger partial charge in [0, 0.05) is 18.6 Å². The van der Waals surface area contributed by atoms with Crippen molar-refractivity contribution in [3.05, 3.63) is 35.9 Å². The average molecular weight is 499 g/mol. The van der Waals surface area contributed by atoms with Gasteiger partial charge < -0.3 is 23.7 Å². The molecule has 2 aliphatic heterocycles. The zero-order valence-electron chi connectivity index (χ0n) is 20.2. The van der Waals surface area contributed by atoms with Crippen LogP contribution in [0.5, 0.6) is 28.7 Å². The summed E-state index contributed by atoms with van der Waals surface area (Å²) in [7, 11) is 4.22. The molecule has 4 amide bonds. The molecule has 0 aromatic heterocycles. The summed E-state index contributed by atoms with van der Waals surface area (Å²) in [5.74, 6) is -0.904. The van der Waals surface area contributed by atoms with Crippen LogP contribution in [0, 0.1) is 0 Å². The van der Waals surface area contributed by atoms with E-state index in [9.17, 15) is 19.2 Å². The van der Waals surface area contributed by atoms with Crippen LogP contribution in [0.2, 0.25) is 0 Å². The van der Waals surface area contributed by atoms with Gasteiger partial charge in [0.05, 0.1) is 33.4 Å². The van der Waals surface area contributed by atoms with Gasteiger partial charge in [-0.3, -0.25) is 24.6 Å². The molecule has 2 aromatic carbocycles. The Hall–Kier alpha value is -4.48. The van der Waals surface area contributed by atoms with Crippen molar-refractivity contribution in [1.29, 1.82) is 0 Å². The summed E-state index contributed by atoms with van der Waals surface area (Å²) in [4.78, 5) is 52.6. The number of nitrogens with one attached hydrogen (secondary N) is 1. The largest absolute Gasteiger partial charge is 0.493 e. The Morgan fingerprint density at radius 3 is 2.19 bits per heavy atom. The predicted molar refractivity (Wildman–Crippen MR) is 124 cm³/mol. The standard InChI is InChI=1S/C24H25N3O9/c1-13(28)27(25-23(30)14-9-19(32-2)22(34-4)20(10-14)33-3)16-12-21(29)26(24(16)31)15-5-6-17-18(11-15)36-8-7-35-17/h5-6,9-11,16H,7-8,12H2,1-4H3,(H,25,30). The van der Waals surface area contributed by atoms with Gasteiger partial charge in [-0.1, -0.05) is 0 Å². The molecule has 190 valence electrons. The number of carbonyl (C=O) groups is 4. The number of hydrazine groups is 1. The number of rotatable bonds is 6. The van der Waals surface area contributed by atoms with Gasteiger partial charge in [-0.25, -0.2) is 9.91 Å². The van der Waals surface area contributed by atoms with Gasteiger partial charge in [0.15, 0.2) is 23.0 Å². The summed E-state index contributed by atoms with van der Waals surface area (Å²) in [6.45, 7) is 1.92. The normalized spacial score (nSPS) is 16.4. The minimum absolute atomic E-state index is 0.0798. The number of benzene rings is 2. The number of amides is 4. The van der Waals surface area contributed by atoms with E-state index in [0.29, 0.717) is 24.7 Å². The fourth-order valence-corrected chi connectivity index (χ4v) is 4.02. The Kier molecular flexibility index (Phi) is 6.86. The molecule has 0 saturated carbocycles. The third-order valence-electron chi connectivity index (χ3n) is 5.71. The number of nitrogens with zero attached hydrogens (tertiary/aromatic N) is 2. The van der Waals surface area contributed by atoms with Crippen LogP contribution in [0.15, 0.2) is 30.3 Å². The molecule has 0 spiro atoms. The van der Waals surface area contributed by atoms with Crippen molar-refractivity contribution in [2.45, 2.75) is 19.4 Å². The van der Waals surface area contributed by atoms with Crippen molar-refractivity contribution in [1.82, 2.24) is 10.4 Å². The number of ether oxygens (including phenoxy) is 5. The summed E-state index contributed by atoms with van der Waals surface area (Å²) in [5, 5.41) is 0.851. The number of carbonyl (C=O) groups excluding carboxylic acids is 4. The number of fused-ring (bicyclic) bond motifs is 1. The average Bonchev–Trinajstić information content (AvgIpc) is 3.18. The number of hydrogen-bond acceptors (Lipinski definition) is 9. The van der Waals surface area contributed by atoms with E-state index in [4.69, 9.17) is 23.7 Å². The van der Waals surface area contributed by atoms with Gasteiger partial charge in [0.2, 0.25) is 17.6 Å². The maximum atomic E-state index is 13.3. The third-order valence-corrected chi connectivity index (χ3v) is 5.71. The molecule has 2 aromatic rings. The van der Waals surface area contributed by atoms with Crippen LogP contribution in [0.3, 0.4) is 0 Å². The molecule has 2 heterocycles. The third kappa shape index (κ3) is 4.44. The molecular weight excluding hydrogens is 474 g/mol. The second-order valence-electron chi connectivity index (χ2n) is 7.86. The van der Waals surface area contributed by atoms with Crippen LogP contribution >= 0.6 is 0 Å². The van der Waals surface area contributed by atoms with Crippen molar-refractivity contribution < 1.29 is 42.9 Å². The van der Waals surface area contributed by atoms with Crippen LogP contribution in [-0.2, 0) is 14.4 Å². The molecule has 0 bridgehead atoms. The first-order valence-electron chi connectivity index (χ1n) is 11.0. The Bertz CT molecular complexity index is 1200. The molecule has 12 nitrogen and oxygen atoms in total. The molecule has 1 N–H and O–H groups in total. The summed E-state index contributed by atoms with van der Waals surface area (Å²) in [6, 6.07) is 6.25. The second kappa shape index (κ2) is 10.0. The SMILES string of the molecule is COc1cc(C(=O)NN(C(C)=O)C2CC(=O)N(c3ccc4c(c3)OCCO4)C2=O)cc(OC)c1OC. The van der Waals surface area contributed by atoms with Crippen LogP contribution in [0.4, 0.5) is 5.69 Å². The van der Waals surface area contributed by atoms with E-state index < -0.39 is 29.7 Å². The lowest BCUT2D eigenvalue weighted by Gasteiger charge is -2.27. The molecule has 0 aliphatic carbocycles. The van der Waals surface area contributed by atoms with Crippen molar-refractivity contribution >= 4 is 29.3 Å². The van der Waals surface area contributed by atoms with Crippen LogP contribution in [0.1, 0.15) is 23.7 Å². The number of imide groups is 1. The van der Waals surface area contributed by atoms with E-state index in [2.05, 4.69) is 5.43 Å². The molecule has 0 radical (unpaired) electrons. The lowest BCUT2D eigenvalue weighted by molar-refractivity contribution is -0.139. The molecule has 12 heteroatoms. The quantitative estimate of drug-likeness (QED) is 0.461. The first kappa shape index (κ1) is 24.6. The van der Waals surface area contributed by atoms with Gasteiger partial charge >= 0.3 is 0 Å². The number of anilines is 1. The number of methoxy groups -OCH3 is 3. The van der Waals surface area contributed by atoms with Gasteiger partial charge in [-0.05, 0) is 24.3 Å². The smallest absolute Gasteiger partial charge is 0.270 e. The molecule has 1 saturated heterocycles. The fraction of sp³-hybridized carbons (Fsp3) is 0.333. The maximum Gasteiger partial charge on any atom is 0.270 e. The summed E-state index contributed by atoms with van der Waals surface area (Å²) >= 11 is 0. The Balaban J connectivity index is 1.58. The fourth-order valence-electron chi connectivity index (χ4n) is 4.02. The predicted octanol–water partition coefficient (Wildman–Crippen LogP) is 1.31. The Morgan fingerprint density at radius 1 is 0.972 bits per heavy atom. The zero-order chi connectivity index (χ0) is 26.0. The first-order valence-corrected chi connectivity index (χ1v) is 11.0. The molecule has 2 aliphatic rings. The summed E-state index contributed by atoms with van der Waals surface area (Å²) in [5.41, 5.74) is 2.79. The van der Waals surface area contributed by atoms with E-state index in [1.54, 1.807) is 12.1 Å². The van der Waals surface area contributed by atoms with Crippen molar-refractivity contribution in [2.24, 2.45) is 0 Å². The zero-order valence-corrected chi connectivity index (χ0v) is 20.2. The highest BCUT2D eigenvalue weighted by Crippen LogP contribution is 2.38. The summed E-state index contributed by atoms with van der Waals surface area (Å²) < 4.78 is 26.8. The Labute approximate surface area is 206 Å². The van der Waals surface area contributed by atoms with Gasteiger partial charge in [0.25, 0.3) is 11.8 Å². The van der Waals surface area contributed by atoms with E-state index >= 15 is 0 Å². The highest BCUT2D eigenvalue weighted by Gasteiger charge is 2.45. The minimum Gasteiger partial charge on any atom is -0.493 e. The van der Waals surface area contributed by atoms with E-state index in [1.807, 2.05) is 0 Å². The van der Waals surface area contributed by atoms with E-state index in [-0.39, 0.29) is 34.9 Å². The van der Waals surface area contributed by atoms with Gasteiger partial charge in [-0.15, -0.1) is 0 Å².